The summed E-state index contributed by atoms with van der Waals surface area (Å²) in [6, 6.07) is 3.31. The highest BCUT2D eigenvalue weighted by molar-refractivity contribution is 9.10. The number of carbonyl (C=O) groups is 1. The summed E-state index contributed by atoms with van der Waals surface area (Å²) in [4.78, 5) is 12.6. The molecule has 2 aromatic rings. The molecule has 0 unspecified atom stereocenters. The number of hydrogen-bond acceptors (Lipinski definition) is 4. The smallest absolute Gasteiger partial charge is 0.320 e. The number of halogens is 1. The van der Waals surface area contributed by atoms with Crippen molar-refractivity contribution in [3.05, 3.63) is 32.6 Å². The van der Waals surface area contributed by atoms with Gasteiger partial charge >= 0.3 is 6.03 Å². The molecule has 0 aliphatic heterocycles. The number of aryl methyl sites for hydroxylation is 1. The molecule has 5 nitrogen and oxygen atoms in total. The first-order valence-corrected chi connectivity index (χ1v) is 6.52. The van der Waals surface area contributed by atoms with E-state index < -0.39 is 0 Å². The molecule has 2 N–H and O–H groups in total. The van der Waals surface area contributed by atoms with E-state index in [9.17, 15) is 4.79 Å². The van der Waals surface area contributed by atoms with E-state index in [4.69, 9.17) is 4.52 Å². The van der Waals surface area contributed by atoms with Crippen LogP contribution in [-0.4, -0.2) is 11.2 Å². The number of carbonyl (C=O) groups excluding carboxylic acids is 1. The molecular weight excluding hydrogens is 306 g/mol. The van der Waals surface area contributed by atoms with E-state index in [0.717, 1.165) is 9.35 Å². The maximum Gasteiger partial charge on any atom is 0.320 e. The van der Waals surface area contributed by atoms with E-state index in [2.05, 4.69) is 31.7 Å². The Labute approximate surface area is 110 Å². The van der Waals surface area contributed by atoms with Crippen LogP contribution in [-0.2, 0) is 6.54 Å². The van der Waals surface area contributed by atoms with Crippen LogP contribution >= 0.6 is 27.3 Å². The van der Waals surface area contributed by atoms with Crippen molar-refractivity contribution in [1.29, 1.82) is 0 Å². The predicted octanol–water partition coefficient (Wildman–Crippen LogP) is 3.13. The standard InChI is InChI=1S/C10H10BrN3O2S/c1-6-2-9(14-16-6)13-10(15)12-4-8-3-7(11)5-17-8/h2-3,5H,4H2,1H3,(H2,12,13,14,15). The van der Waals surface area contributed by atoms with Gasteiger partial charge in [-0.15, -0.1) is 11.3 Å². The highest BCUT2D eigenvalue weighted by Gasteiger charge is 2.06. The van der Waals surface area contributed by atoms with Crippen LogP contribution < -0.4 is 10.6 Å². The van der Waals surface area contributed by atoms with Crippen LogP contribution in [0.4, 0.5) is 10.6 Å². The SMILES string of the molecule is Cc1cc(NC(=O)NCc2cc(Br)cs2)no1. The number of hydrogen-bond donors (Lipinski definition) is 2. The summed E-state index contributed by atoms with van der Waals surface area (Å²) in [5.41, 5.74) is 0. The van der Waals surface area contributed by atoms with Crippen LogP contribution in [0, 0.1) is 6.92 Å². The highest BCUT2D eigenvalue weighted by Crippen LogP contribution is 2.19. The van der Waals surface area contributed by atoms with Crippen molar-refractivity contribution in [3.8, 4) is 0 Å². The lowest BCUT2D eigenvalue weighted by atomic mass is 10.4. The average molecular weight is 316 g/mol. The van der Waals surface area contributed by atoms with Gasteiger partial charge < -0.3 is 9.84 Å². The molecule has 0 spiro atoms. The van der Waals surface area contributed by atoms with E-state index in [0.29, 0.717) is 18.1 Å². The summed E-state index contributed by atoms with van der Waals surface area (Å²) >= 11 is 4.93. The first-order valence-electron chi connectivity index (χ1n) is 4.84. The van der Waals surface area contributed by atoms with Gasteiger partial charge in [-0.25, -0.2) is 4.79 Å². The Morgan fingerprint density at radius 1 is 1.59 bits per heavy atom. The third-order valence-corrected chi connectivity index (χ3v) is 3.61. The second-order valence-electron chi connectivity index (χ2n) is 3.36. The Morgan fingerprint density at radius 3 is 3.00 bits per heavy atom. The Bertz CT molecular complexity index is 523. The molecule has 0 bridgehead atoms. The lowest BCUT2D eigenvalue weighted by Crippen LogP contribution is -2.27. The number of amides is 2. The van der Waals surface area contributed by atoms with Crippen LogP contribution in [0.2, 0.25) is 0 Å². The molecule has 0 aliphatic rings. The van der Waals surface area contributed by atoms with Crippen LogP contribution in [0.1, 0.15) is 10.6 Å². The van der Waals surface area contributed by atoms with Crippen molar-refractivity contribution in [1.82, 2.24) is 10.5 Å². The molecule has 2 amide bonds. The van der Waals surface area contributed by atoms with E-state index in [1.165, 1.54) is 0 Å². The van der Waals surface area contributed by atoms with Gasteiger partial charge in [0.15, 0.2) is 5.82 Å². The molecule has 0 saturated heterocycles. The summed E-state index contributed by atoms with van der Waals surface area (Å²) in [5.74, 6) is 1.06. The summed E-state index contributed by atoms with van der Waals surface area (Å²) in [7, 11) is 0. The number of urea groups is 1. The zero-order chi connectivity index (χ0) is 12.3. The monoisotopic (exact) mass is 315 g/mol. The molecule has 0 radical (unpaired) electrons. The molecular formula is C10H10BrN3O2S. The van der Waals surface area contributed by atoms with E-state index in [1.54, 1.807) is 24.3 Å². The van der Waals surface area contributed by atoms with E-state index in [1.807, 2.05) is 11.4 Å². The minimum atomic E-state index is -0.303. The van der Waals surface area contributed by atoms with Crippen molar-refractivity contribution < 1.29 is 9.32 Å². The third-order valence-electron chi connectivity index (χ3n) is 1.91. The fourth-order valence-corrected chi connectivity index (χ4v) is 2.59. The molecule has 2 aromatic heterocycles. The lowest BCUT2D eigenvalue weighted by molar-refractivity contribution is 0.251. The molecule has 2 rings (SSSR count). The van der Waals surface area contributed by atoms with Gasteiger partial charge in [0.1, 0.15) is 5.76 Å². The first kappa shape index (κ1) is 12.1. The quantitative estimate of drug-likeness (QED) is 0.914. The van der Waals surface area contributed by atoms with Crippen LogP contribution in [0.15, 0.2) is 26.5 Å². The second kappa shape index (κ2) is 5.33. The molecule has 0 atom stereocenters. The largest absolute Gasteiger partial charge is 0.360 e. The molecule has 7 heteroatoms. The molecule has 2 heterocycles. The second-order valence-corrected chi connectivity index (χ2v) is 5.27. The van der Waals surface area contributed by atoms with Gasteiger partial charge in [-0.2, -0.15) is 0 Å². The number of thiophene rings is 1. The van der Waals surface area contributed by atoms with Gasteiger partial charge in [0, 0.05) is 20.8 Å². The summed E-state index contributed by atoms with van der Waals surface area (Å²) in [6.45, 7) is 2.25. The third kappa shape index (κ3) is 3.57. The fourth-order valence-electron chi connectivity index (χ4n) is 1.20. The van der Waals surface area contributed by atoms with Gasteiger partial charge in [-0.3, -0.25) is 5.32 Å². The Balaban J connectivity index is 1.82. The molecule has 90 valence electrons. The highest BCUT2D eigenvalue weighted by atomic mass is 79.9. The van der Waals surface area contributed by atoms with Crippen LogP contribution in [0.3, 0.4) is 0 Å². The maximum atomic E-state index is 11.5. The van der Waals surface area contributed by atoms with Gasteiger partial charge in [0.25, 0.3) is 0 Å². The maximum absolute atomic E-state index is 11.5. The van der Waals surface area contributed by atoms with Crippen LogP contribution in [0.5, 0.6) is 0 Å². The normalized spacial score (nSPS) is 10.2. The molecule has 0 aromatic carbocycles. The Morgan fingerprint density at radius 2 is 2.41 bits per heavy atom. The number of rotatable bonds is 3. The average Bonchev–Trinajstić information content (AvgIpc) is 2.85. The van der Waals surface area contributed by atoms with Crippen molar-refractivity contribution in [3.63, 3.8) is 0 Å². The van der Waals surface area contributed by atoms with E-state index in [-0.39, 0.29) is 6.03 Å². The molecule has 0 aliphatic carbocycles. The summed E-state index contributed by atoms with van der Waals surface area (Å²) in [5, 5.41) is 10.9. The predicted molar refractivity (Wildman–Crippen MR) is 69.1 cm³/mol. The topological polar surface area (TPSA) is 67.2 Å². The minimum absolute atomic E-state index is 0.303. The zero-order valence-electron chi connectivity index (χ0n) is 8.99. The molecule has 0 fully saturated rings. The molecule has 0 saturated carbocycles. The fraction of sp³-hybridized carbons (Fsp3) is 0.200. The lowest BCUT2D eigenvalue weighted by Gasteiger charge is -2.02. The summed E-state index contributed by atoms with van der Waals surface area (Å²) < 4.78 is 5.86. The van der Waals surface area contributed by atoms with Crippen molar-refractivity contribution >= 4 is 39.1 Å². The van der Waals surface area contributed by atoms with Crippen molar-refractivity contribution in [2.75, 3.05) is 5.32 Å². The van der Waals surface area contributed by atoms with Crippen molar-refractivity contribution in [2.24, 2.45) is 0 Å². The number of anilines is 1. The number of nitrogens with zero attached hydrogens (tertiary/aromatic N) is 1. The minimum Gasteiger partial charge on any atom is -0.360 e. The van der Waals surface area contributed by atoms with Crippen LogP contribution in [0.25, 0.3) is 0 Å². The number of aromatic nitrogens is 1. The van der Waals surface area contributed by atoms with Gasteiger partial charge in [0.2, 0.25) is 0 Å². The van der Waals surface area contributed by atoms with Crippen molar-refractivity contribution in [2.45, 2.75) is 13.5 Å². The zero-order valence-corrected chi connectivity index (χ0v) is 11.4. The van der Waals surface area contributed by atoms with Gasteiger partial charge in [-0.05, 0) is 28.9 Å². The Hall–Kier alpha value is -1.34. The summed E-state index contributed by atoms with van der Waals surface area (Å²) in [6.07, 6.45) is 0. The van der Waals surface area contributed by atoms with Gasteiger partial charge in [0.05, 0.1) is 6.54 Å². The Kier molecular flexibility index (Phi) is 3.80. The molecule has 17 heavy (non-hydrogen) atoms. The first-order chi connectivity index (χ1) is 8.13. The van der Waals surface area contributed by atoms with E-state index >= 15 is 0 Å². The van der Waals surface area contributed by atoms with Gasteiger partial charge in [-0.1, -0.05) is 5.16 Å². The number of nitrogens with one attached hydrogen (secondary N) is 2.